The van der Waals surface area contributed by atoms with Crippen LogP contribution in [-0.2, 0) is 21.3 Å². The van der Waals surface area contributed by atoms with E-state index in [1.165, 1.54) is 25.7 Å². The van der Waals surface area contributed by atoms with Crippen LogP contribution in [0.25, 0.3) is 0 Å². The molecule has 1 N–H and O–H groups in total. The highest BCUT2D eigenvalue weighted by molar-refractivity contribution is 7.84. The van der Waals surface area contributed by atoms with E-state index in [1.54, 1.807) is 6.07 Å². The summed E-state index contributed by atoms with van der Waals surface area (Å²) in [4.78, 5) is 12.1. The largest absolute Gasteiger partial charge is 0.494 e. The first-order valence-electron chi connectivity index (χ1n) is 8.37. The molecule has 1 saturated carbocycles. The Morgan fingerprint density at radius 3 is 2.79 bits per heavy atom. The third-order valence-electron chi connectivity index (χ3n) is 4.89. The van der Waals surface area contributed by atoms with E-state index < -0.39 is 16.6 Å². The fourth-order valence-electron chi connectivity index (χ4n) is 3.22. The number of methoxy groups -OCH3 is 1. The molecule has 134 valence electrons. The van der Waals surface area contributed by atoms with Crippen molar-refractivity contribution in [2.45, 2.75) is 44.9 Å². The van der Waals surface area contributed by atoms with Crippen LogP contribution in [0.4, 0.5) is 4.39 Å². The van der Waals surface area contributed by atoms with Gasteiger partial charge in [0.25, 0.3) is 0 Å². The molecule has 2 rings (SSSR count). The maximum atomic E-state index is 13.6. The van der Waals surface area contributed by atoms with Crippen LogP contribution in [-0.4, -0.2) is 29.0 Å². The third-order valence-corrected chi connectivity index (χ3v) is 6.13. The van der Waals surface area contributed by atoms with Gasteiger partial charge < -0.3 is 10.1 Å². The van der Waals surface area contributed by atoms with E-state index in [0.29, 0.717) is 17.4 Å². The van der Waals surface area contributed by atoms with Gasteiger partial charge in [-0.2, -0.15) is 0 Å². The summed E-state index contributed by atoms with van der Waals surface area (Å²) in [6.45, 7) is 4.37. The molecule has 1 aliphatic rings. The van der Waals surface area contributed by atoms with Crippen LogP contribution in [0.2, 0.25) is 0 Å². The average molecular weight is 355 g/mol. The zero-order valence-corrected chi connectivity index (χ0v) is 15.3. The van der Waals surface area contributed by atoms with Crippen molar-refractivity contribution in [2.75, 3.05) is 12.9 Å². The van der Waals surface area contributed by atoms with Crippen molar-refractivity contribution in [2.24, 2.45) is 11.8 Å². The first-order valence-corrected chi connectivity index (χ1v) is 9.86. The number of benzene rings is 1. The number of nitrogens with one attached hydrogen (secondary N) is 1. The molecule has 0 unspecified atom stereocenters. The van der Waals surface area contributed by atoms with Crippen LogP contribution in [0.15, 0.2) is 18.2 Å². The summed E-state index contributed by atoms with van der Waals surface area (Å²) in [6.07, 6.45) is 3.29. The predicted molar refractivity (Wildman–Crippen MR) is 93.8 cm³/mol. The molecule has 4 atom stereocenters. The van der Waals surface area contributed by atoms with Gasteiger partial charge >= 0.3 is 0 Å². The summed E-state index contributed by atoms with van der Waals surface area (Å²) in [5.74, 6) is 0.622. The zero-order chi connectivity index (χ0) is 17.7. The Bertz CT molecular complexity index is 608. The molecule has 24 heavy (non-hydrogen) atoms. The number of hydrogen-bond acceptors (Lipinski definition) is 3. The van der Waals surface area contributed by atoms with Crippen LogP contribution in [0, 0.1) is 17.7 Å². The molecule has 1 aromatic carbocycles. The highest BCUT2D eigenvalue weighted by Crippen LogP contribution is 2.29. The fraction of sp³-hybridized carbons (Fsp3) is 0.611. The molecule has 0 aliphatic heterocycles. The topological polar surface area (TPSA) is 55.4 Å². The summed E-state index contributed by atoms with van der Waals surface area (Å²) >= 11 is 0. The highest BCUT2D eigenvalue weighted by Gasteiger charge is 2.28. The lowest BCUT2D eigenvalue weighted by atomic mass is 9.78. The Balaban J connectivity index is 1.85. The Labute approximate surface area is 145 Å². The number of carbonyl (C=O) groups excluding carboxylic acids is 1. The van der Waals surface area contributed by atoms with E-state index in [9.17, 15) is 13.4 Å². The summed E-state index contributed by atoms with van der Waals surface area (Å²) in [5, 5.41) is 3.02. The van der Waals surface area contributed by atoms with Gasteiger partial charge in [0, 0.05) is 22.6 Å². The summed E-state index contributed by atoms with van der Waals surface area (Å²) in [7, 11) is 0.0348. The summed E-state index contributed by atoms with van der Waals surface area (Å²) in [5.41, 5.74) is 0.596. The number of rotatable bonds is 6. The molecule has 0 heterocycles. The quantitative estimate of drug-likeness (QED) is 0.853. The van der Waals surface area contributed by atoms with Gasteiger partial charge in [-0.15, -0.1) is 0 Å². The van der Waals surface area contributed by atoms with Gasteiger partial charge in [0.15, 0.2) is 11.6 Å². The third kappa shape index (κ3) is 5.03. The first kappa shape index (κ1) is 18.9. The summed E-state index contributed by atoms with van der Waals surface area (Å²) < 4.78 is 30.7. The predicted octanol–water partition coefficient (Wildman–Crippen LogP) is 3.02. The second-order valence-corrected chi connectivity index (χ2v) is 8.10. The van der Waals surface area contributed by atoms with Gasteiger partial charge in [-0.3, -0.25) is 9.00 Å². The normalized spacial score (nSPS) is 25.1. The van der Waals surface area contributed by atoms with Crippen LogP contribution >= 0.6 is 0 Å². The average Bonchev–Trinajstić information content (AvgIpc) is 2.52. The number of halogens is 1. The molecule has 0 saturated heterocycles. The maximum Gasteiger partial charge on any atom is 0.232 e. The van der Waals surface area contributed by atoms with E-state index in [4.69, 9.17) is 4.74 Å². The molecule has 0 spiro atoms. The number of ether oxygens (including phenoxy) is 1. The molecule has 1 aliphatic carbocycles. The smallest absolute Gasteiger partial charge is 0.232 e. The second-order valence-electron chi connectivity index (χ2n) is 6.64. The van der Waals surface area contributed by atoms with Gasteiger partial charge in [-0.25, -0.2) is 4.39 Å². The molecule has 6 heteroatoms. The van der Waals surface area contributed by atoms with Gasteiger partial charge in [-0.05, 0) is 36.0 Å². The number of carbonyl (C=O) groups is 1. The van der Waals surface area contributed by atoms with E-state index in [0.717, 1.165) is 12.8 Å². The van der Waals surface area contributed by atoms with Crippen LogP contribution in [0.3, 0.4) is 0 Å². The highest BCUT2D eigenvalue weighted by atomic mass is 32.2. The second kappa shape index (κ2) is 8.60. The fourth-order valence-corrected chi connectivity index (χ4v) is 4.25. The minimum absolute atomic E-state index is 0.0503. The van der Waals surface area contributed by atoms with Crippen molar-refractivity contribution in [3.63, 3.8) is 0 Å². The molecule has 0 bridgehead atoms. The van der Waals surface area contributed by atoms with Crippen molar-refractivity contribution in [3.05, 3.63) is 29.6 Å². The SMILES string of the molecule is COc1ccc(C[S@](=O)CC(=O)N[C@@H]2CCC[C@@H](C)[C@H]2C)cc1F. The van der Waals surface area contributed by atoms with Gasteiger partial charge in [-0.1, -0.05) is 32.8 Å². The lowest BCUT2D eigenvalue weighted by Crippen LogP contribution is -2.45. The minimum atomic E-state index is -1.36. The molecule has 4 nitrogen and oxygen atoms in total. The molecular weight excluding hydrogens is 329 g/mol. The van der Waals surface area contributed by atoms with Gasteiger partial charge in [0.1, 0.15) is 5.75 Å². The van der Waals surface area contributed by atoms with Crippen molar-refractivity contribution in [1.82, 2.24) is 5.32 Å². The Morgan fingerprint density at radius 1 is 1.38 bits per heavy atom. The number of hydrogen-bond donors (Lipinski definition) is 1. The van der Waals surface area contributed by atoms with E-state index in [-0.39, 0.29) is 29.2 Å². The van der Waals surface area contributed by atoms with Crippen molar-refractivity contribution in [1.29, 1.82) is 0 Å². The molecule has 0 aromatic heterocycles. The Kier molecular flexibility index (Phi) is 6.78. The van der Waals surface area contributed by atoms with Crippen LogP contribution < -0.4 is 10.1 Å². The van der Waals surface area contributed by atoms with E-state index in [1.807, 2.05) is 0 Å². The van der Waals surface area contributed by atoms with Gasteiger partial charge in [0.2, 0.25) is 5.91 Å². The van der Waals surface area contributed by atoms with E-state index >= 15 is 0 Å². The lowest BCUT2D eigenvalue weighted by Gasteiger charge is -2.34. The maximum absolute atomic E-state index is 13.6. The minimum Gasteiger partial charge on any atom is -0.494 e. The molecule has 1 fully saturated rings. The molecule has 1 aromatic rings. The Hall–Kier alpha value is -1.43. The molecule has 1 amide bonds. The lowest BCUT2D eigenvalue weighted by molar-refractivity contribution is -0.120. The monoisotopic (exact) mass is 355 g/mol. The zero-order valence-electron chi connectivity index (χ0n) is 14.5. The van der Waals surface area contributed by atoms with Crippen molar-refractivity contribution in [3.8, 4) is 5.75 Å². The number of amides is 1. The standard InChI is InChI=1S/C18H26FNO3S/c1-12-5-4-6-16(13(12)2)20-18(21)11-24(22)10-14-7-8-17(23-3)15(19)9-14/h7-9,12-13,16H,4-6,10-11H2,1-3H3,(H,20,21)/t12-,13-,16-,24+/m1/s1. The van der Waals surface area contributed by atoms with Crippen LogP contribution in [0.5, 0.6) is 5.75 Å². The van der Waals surface area contributed by atoms with Crippen LogP contribution in [0.1, 0.15) is 38.7 Å². The van der Waals surface area contributed by atoms with Crippen molar-refractivity contribution < 1.29 is 18.1 Å². The summed E-state index contributed by atoms with van der Waals surface area (Å²) in [6, 6.07) is 4.64. The Morgan fingerprint density at radius 2 is 2.12 bits per heavy atom. The molecule has 0 radical (unpaired) electrons. The molecular formula is C18H26FNO3S. The first-order chi connectivity index (χ1) is 11.4. The van der Waals surface area contributed by atoms with Gasteiger partial charge in [0.05, 0.1) is 7.11 Å². The van der Waals surface area contributed by atoms with Crippen molar-refractivity contribution >= 4 is 16.7 Å². The van der Waals surface area contributed by atoms with E-state index in [2.05, 4.69) is 19.2 Å².